The van der Waals surface area contributed by atoms with Gasteiger partial charge in [0, 0.05) is 30.1 Å². The van der Waals surface area contributed by atoms with Crippen LogP contribution in [0.2, 0.25) is 0 Å². The van der Waals surface area contributed by atoms with Gasteiger partial charge >= 0.3 is 0 Å². The summed E-state index contributed by atoms with van der Waals surface area (Å²) in [6, 6.07) is 5.05. The highest BCUT2D eigenvalue weighted by molar-refractivity contribution is 5.56. The summed E-state index contributed by atoms with van der Waals surface area (Å²) in [5.41, 5.74) is 7.36. The van der Waals surface area contributed by atoms with Gasteiger partial charge in [0.1, 0.15) is 5.75 Å². The van der Waals surface area contributed by atoms with Crippen molar-refractivity contribution in [3.05, 3.63) is 30.0 Å². The lowest BCUT2D eigenvalue weighted by Crippen LogP contribution is -1.97. The summed E-state index contributed by atoms with van der Waals surface area (Å²) in [4.78, 5) is 4.17. The Balaban J connectivity index is 2.37. The molecule has 0 bridgehead atoms. The summed E-state index contributed by atoms with van der Waals surface area (Å²) in [5, 5.41) is 0. The highest BCUT2D eigenvalue weighted by Crippen LogP contribution is 2.41. The van der Waals surface area contributed by atoms with Crippen molar-refractivity contribution in [2.45, 2.75) is 6.92 Å². The minimum atomic E-state index is 0.396. The number of pyridine rings is 1. The minimum Gasteiger partial charge on any atom is -0.493 e. The van der Waals surface area contributed by atoms with Crippen LogP contribution in [0.4, 0.5) is 5.69 Å². The Hall–Kier alpha value is -2.63. The van der Waals surface area contributed by atoms with Gasteiger partial charge in [-0.3, -0.25) is 0 Å². The smallest absolute Gasteiger partial charge is 0.221 e. The number of aromatic nitrogens is 1. The van der Waals surface area contributed by atoms with Crippen LogP contribution >= 0.6 is 0 Å². The molecule has 112 valence electrons. The number of hydrogen-bond donors (Lipinski definition) is 1. The Morgan fingerprint density at radius 2 is 1.57 bits per heavy atom. The Morgan fingerprint density at radius 1 is 0.952 bits per heavy atom. The van der Waals surface area contributed by atoms with Gasteiger partial charge in [0.15, 0.2) is 11.5 Å². The second kappa shape index (κ2) is 6.21. The van der Waals surface area contributed by atoms with E-state index in [-0.39, 0.29) is 0 Å². The van der Waals surface area contributed by atoms with Gasteiger partial charge in [0.25, 0.3) is 0 Å². The number of ether oxygens (including phenoxy) is 4. The van der Waals surface area contributed by atoms with E-state index in [2.05, 4.69) is 4.98 Å². The fourth-order valence-electron chi connectivity index (χ4n) is 1.81. The predicted octanol–water partition coefficient (Wildman–Crippen LogP) is 2.79. The van der Waals surface area contributed by atoms with Crippen LogP contribution in [0, 0.1) is 6.92 Å². The fraction of sp³-hybridized carbons (Fsp3) is 0.267. The van der Waals surface area contributed by atoms with Gasteiger partial charge in [0.05, 0.1) is 21.3 Å². The highest BCUT2D eigenvalue weighted by Gasteiger charge is 2.14. The molecule has 1 aromatic carbocycles. The van der Waals surface area contributed by atoms with Gasteiger partial charge in [-0.25, -0.2) is 4.98 Å². The van der Waals surface area contributed by atoms with Crippen molar-refractivity contribution in [2.75, 3.05) is 27.1 Å². The van der Waals surface area contributed by atoms with Gasteiger partial charge in [-0.1, -0.05) is 0 Å². The third kappa shape index (κ3) is 3.10. The zero-order valence-electron chi connectivity index (χ0n) is 12.5. The van der Waals surface area contributed by atoms with Gasteiger partial charge in [-0.15, -0.1) is 0 Å². The van der Waals surface area contributed by atoms with Crippen molar-refractivity contribution < 1.29 is 18.9 Å². The monoisotopic (exact) mass is 290 g/mol. The lowest BCUT2D eigenvalue weighted by atomic mass is 10.2. The van der Waals surface area contributed by atoms with Gasteiger partial charge in [-0.2, -0.15) is 0 Å². The van der Waals surface area contributed by atoms with E-state index in [9.17, 15) is 0 Å². The molecule has 2 N–H and O–H groups in total. The van der Waals surface area contributed by atoms with Crippen molar-refractivity contribution in [2.24, 2.45) is 0 Å². The summed E-state index contributed by atoms with van der Waals surface area (Å²) in [6.45, 7) is 1.88. The molecule has 6 nitrogen and oxygen atoms in total. The summed E-state index contributed by atoms with van der Waals surface area (Å²) in [5.74, 6) is 2.43. The molecule has 2 aromatic rings. The Kier molecular flexibility index (Phi) is 4.37. The standard InChI is InChI=1S/C15H18N2O4/c1-9-8-17-14(7-11(9)16)21-10-5-12(18-2)15(20-4)13(6-10)19-3/h5-8H,1-4H3,(H2,16,17). The molecule has 1 aromatic heterocycles. The Bertz CT molecular complexity index is 619. The maximum Gasteiger partial charge on any atom is 0.221 e. The molecule has 0 saturated heterocycles. The van der Waals surface area contributed by atoms with Crippen LogP contribution in [0.1, 0.15) is 5.56 Å². The highest BCUT2D eigenvalue weighted by atomic mass is 16.5. The molecular weight excluding hydrogens is 272 g/mol. The van der Waals surface area contributed by atoms with Crippen molar-refractivity contribution in [3.63, 3.8) is 0 Å². The molecule has 0 fully saturated rings. The summed E-state index contributed by atoms with van der Waals surface area (Å²) >= 11 is 0. The first kappa shape index (κ1) is 14.8. The molecule has 0 aliphatic carbocycles. The van der Waals surface area contributed by atoms with Gasteiger partial charge in [0.2, 0.25) is 11.6 Å². The Morgan fingerprint density at radius 3 is 2.05 bits per heavy atom. The second-order valence-electron chi connectivity index (χ2n) is 4.34. The quantitative estimate of drug-likeness (QED) is 0.912. The number of hydrogen-bond acceptors (Lipinski definition) is 6. The number of anilines is 1. The predicted molar refractivity (Wildman–Crippen MR) is 79.6 cm³/mol. The first-order valence-electron chi connectivity index (χ1n) is 6.29. The Labute approximate surface area is 123 Å². The number of aryl methyl sites for hydroxylation is 1. The fourth-order valence-corrected chi connectivity index (χ4v) is 1.81. The molecular formula is C15H18N2O4. The van der Waals surface area contributed by atoms with Gasteiger partial charge in [-0.05, 0) is 12.5 Å². The zero-order chi connectivity index (χ0) is 15.4. The number of benzene rings is 1. The van der Waals surface area contributed by atoms with Crippen molar-refractivity contribution >= 4 is 5.69 Å². The van der Waals surface area contributed by atoms with Crippen molar-refractivity contribution in [1.82, 2.24) is 4.98 Å². The van der Waals surface area contributed by atoms with Crippen LogP contribution in [0.25, 0.3) is 0 Å². The average Bonchev–Trinajstić information content (AvgIpc) is 2.49. The largest absolute Gasteiger partial charge is 0.493 e. The van der Waals surface area contributed by atoms with E-state index in [4.69, 9.17) is 24.7 Å². The molecule has 6 heteroatoms. The molecule has 1 heterocycles. The lowest BCUT2D eigenvalue weighted by Gasteiger charge is -2.14. The molecule has 21 heavy (non-hydrogen) atoms. The molecule has 0 aliphatic rings. The molecule has 0 aliphatic heterocycles. The van der Waals surface area contributed by atoms with Gasteiger partial charge < -0.3 is 24.7 Å². The maximum atomic E-state index is 5.84. The average molecular weight is 290 g/mol. The zero-order valence-corrected chi connectivity index (χ0v) is 12.5. The molecule has 2 rings (SSSR count). The van der Waals surface area contributed by atoms with Crippen molar-refractivity contribution in [3.8, 4) is 28.9 Å². The van der Waals surface area contributed by atoms with E-state index in [1.54, 1.807) is 45.7 Å². The molecule has 0 amide bonds. The minimum absolute atomic E-state index is 0.396. The van der Waals surface area contributed by atoms with E-state index in [1.165, 1.54) is 0 Å². The van der Waals surface area contributed by atoms with E-state index >= 15 is 0 Å². The number of rotatable bonds is 5. The molecule has 0 radical (unpaired) electrons. The maximum absolute atomic E-state index is 5.84. The van der Waals surface area contributed by atoms with E-state index in [0.29, 0.717) is 34.6 Å². The van der Waals surface area contributed by atoms with E-state index in [1.807, 2.05) is 6.92 Å². The summed E-state index contributed by atoms with van der Waals surface area (Å²) in [7, 11) is 4.63. The van der Waals surface area contributed by atoms with Crippen LogP contribution in [0.5, 0.6) is 28.9 Å². The SMILES string of the molecule is COc1cc(Oc2cc(N)c(C)cn2)cc(OC)c1OC. The van der Waals surface area contributed by atoms with E-state index in [0.717, 1.165) is 5.56 Å². The van der Waals surface area contributed by atoms with Crippen molar-refractivity contribution in [1.29, 1.82) is 0 Å². The van der Waals surface area contributed by atoms with Crippen LogP contribution < -0.4 is 24.7 Å². The summed E-state index contributed by atoms with van der Waals surface area (Å²) < 4.78 is 21.5. The van der Waals surface area contributed by atoms with Crippen LogP contribution in [-0.4, -0.2) is 26.3 Å². The first-order chi connectivity index (χ1) is 10.1. The van der Waals surface area contributed by atoms with Crippen LogP contribution in [0.3, 0.4) is 0 Å². The number of nitrogens with two attached hydrogens (primary N) is 1. The van der Waals surface area contributed by atoms with E-state index < -0.39 is 0 Å². The number of methoxy groups -OCH3 is 3. The number of nitrogens with zero attached hydrogens (tertiary/aromatic N) is 1. The number of nitrogen functional groups attached to an aromatic ring is 1. The normalized spacial score (nSPS) is 10.1. The molecule has 0 unspecified atom stereocenters. The molecule has 0 atom stereocenters. The first-order valence-corrected chi connectivity index (χ1v) is 6.29. The van der Waals surface area contributed by atoms with Crippen LogP contribution in [-0.2, 0) is 0 Å². The lowest BCUT2D eigenvalue weighted by molar-refractivity contribution is 0.320. The summed E-state index contributed by atoms with van der Waals surface area (Å²) in [6.07, 6.45) is 1.66. The molecule has 0 spiro atoms. The third-order valence-electron chi connectivity index (χ3n) is 2.98. The second-order valence-corrected chi connectivity index (χ2v) is 4.34. The molecule has 0 saturated carbocycles. The topological polar surface area (TPSA) is 75.8 Å². The van der Waals surface area contributed by atoms with Crippen LogP contribution in [0.15, 0.2) is 24.4 Å². The third-order valence-corrected chi connectivity index (χ3v) is 2.98.